The van der Waals surface area contributed by atoms with Gasteiger partial charge in [0.2, 0.25) is 0 Å². The highest BCUT2D eigenvalue weighted by molar-refractivity contribution is 5.72. The van der Waals surface area contributed by atoms with Crippen LogP contribution < -0.4 is 10.6 Å². The highest BCUT2D eigenvalue weighted by Crippen LogP contribution is 2.36. The summed E-state index contributed by atoms with van der Waals surface area (Å²) in [6, 6.07) is 3.85. The van der Waals surface area contributed by atoms with Crippen LogP contribution in [0, 0.1) is 0 Å². The molecule has 10 nitrogen and oxygen atoms in total. The number of amides is 1. The lowest BCUT2D eigenvalue weighted by Gasteiger charge is -2.16. The fourth-order valence-corrected chi connectivity index (χ4v) is 3.70. The fourth-order valence-electron chi connectivity index (χ4n) is 3.70. The molecule has 1 aliphatic rings. The quantitative estimate of drug-likeness (QED) is 0.469. The van der Waals surface area contributed by atoms with E-state index in [1.165, 1.54) is 0 Å². The molecule has 3 heterocycles. The van der Waals surface area contributed by atoms with Crippen LogP contribution in [0.2, 0.25) is 0 Å². The summed E-state index contributed by atoms with van der Waals surface area (Å²) in [5, 5.41) is 27.1. The maximum atomic E-state index is 12.0. The number of fused-ring (bicyclic) bond motifs is 1. The van der Waals surface area contributed by atoms with Crippen LogP contribution in [0.3, 0.4) is 0 Å². The van der Waals surface area contributed by atoms with Gasteiger partial charge >= 0.3 is 6.09 Å². The molecule has 4 N–H and O–H groups in total. The van der Waals surface area contributed by atoms with Gasteiger partial charge in [-0.3, -0.25) is 5.10 Å². The first-order valence-electron chi connectivity index (χ1n) is 10.3. The van der Waals surface area contributed by atoms with Crippen LogP contribution >= 0.6 is 0 Å². The van der Waals surface area contributed by atoms with Gasteiger partial charge < -0.3 is 20.5 Å². The number of alkyl carbamates (subject to hydrolysis) is 1. The summed E-state index contributed by atoms with van der Waals surface area (Å²) in [6.45, 7) is 3.85. The van der Waals surface area contributed by atoms with Crippen molar-refractivity contribution in [2.75, 3.05) is 5.32 Å². The Morgan fingerprint density at radius 3 is 3.10 bits per heavy atom. The molecule has 3 unspecified atom stereocenters. The van der Waals surface area contributed by atoms with E-state index in [0.717, 1.165) is 36.9 Å². The molecule has 1 saturated carbocycles. The largest absolute Gasteiger partial charge is 0.446 e. The second-order valence-corrected chi connectivity index (χ2v) is 7.72. The minimum absolute atomic E-state index is 0.0853. The topological polar surface area (TPSA) is 129 Å². The molecule has 3 atom stereocenters. The second-order valence-electron chi connectivity index (χ2n) is 7.72. The van der Waals surface area contributed by atoms with E-state index in [2.05, 4.69) is 30.9 Å². The average molecular weight is 413 g/mol. The molecular weight excluding hydrogens is 386 g/mol. The van der Waals surface area contributed by atoms with Crippen molar-refractivity contribution in [3.63, 3.8) is 0 Å². The predicted octanol–water partition coefficient (Wildman–Crippen LogP) is 2.85. The van der Waals surface area contributed by atoms with Gasteiger partial charge in [-0.15, -0.1) is 0 Å². The Labute approximate surface area is 174 Å². The molecule has 0 saturated heterocycles. The van der Waals surface area contributed by atoms with E-state index in [9.17, 15) is 9.90 Å². The SMILES string of the molecule is CCC(C)NC(=O)OC1CCC(c2cc(Nc3nccn4nc(CO)cc34)n[nH]2)C1. The van der Waals surface area contributed by atoms with E-state index in [4.69, 9.17) is 4.74 Å². The van der Waals surface area contributed by atoms with Crippen molar-refractivity contribution in [1.29, 1.82) is 0 Å². The number of hydrogen-bond donors (Lipinski definition) is 4. The van der Waals surface area contributed by atoms with Crippen LogP contribution in [0.25, 0.3) is 5.52 Å². The van der Waals surface area contributed by atoms with E-state index in [0.29, 0.717) is 17.3 Å². The summed E-state index contributed by atoms with van der Waals surface area (Å²) in [5.41, 5.74) is 2.33. The number of aliphatic hydroxyl groups is 1. The Hall–Kier alpha value is -3.14. The predicted molar refractivity (Wildman–Crippen MR) is 111 cm³/mol. The first-order valence-corrected chi connectivity index (χ1v) is 10.3. The number of nitrogens with zero attached hydrogens (tertiary/aromatic N) is 4. The molecule has 1 amide bonds. The summed E-state index contributed by atoms with van der Waals surface area (Å²) in [5.74, 6) is 1.52. The molecule has 30 heavy (non-hydrogen) atoms. The zero-order valence-electron chi connectivity index (χ0n) is 17.1. The standard InChI is InChI=1S/C20H27N7O3/c1-3-12(2)22-20(29)30-15-5-4-13(8-15)16-10-18(25-24-16)23-19-17-9-14(11-28)26-27(17)7-6-21-19/h6-7,9-10,12-13,15,28H,3-5,8,11H2,1-2H3,(H,22,29)(H2,21,23,24,25). The van der Waals surface area contributed by atoms with Crippen LogP contribution in [0.1, 0.15) is 56.8 Å². The minimum Gasteiger partial charge on any atom is -0.446 e. The number of aromatic nitrogens is 5. The molecule has 0 aliphatic heterocycles. The molecule has 0 spiro atoms. The first kappa shape index (κ1) is 20.1. The monoisotopic (exact) mass is 413 g/mol. The number of hydrogen-bond acceptors (Lipinski definition) is 7. The van der Waals surface area contributed by atoms with Gasteiger partial charge in [-0.25, -0.2) is 14.3 Å². The minimum atomic E-state index is -0.343. The summed E-state index contributed by atoms with van der Waals surface area (Å²) < 4.78 is 7.22. The third kappa shape index (κ3) is 4.38. The molecule has 3 aromatic heterocycles. The van der Waals surface area contributed by atoms with Gasteiger partial charge in [-0.1, -0.05) is 6.92 Å². The zero-order valence-corrected chi connectivity index (χ0v) is 17.1. The van der Waals surface area contributed by atoms with Crippen LogP contribution in [-0.4, -0.2) is 48.1 Å². The molecule has 0 aromatic carbocycles. The number of aliphatic hydroxyl groups excluding tert-OH is 1. The van der Waals surface area contributed by atoms with Gasteiger partial charge in [0.1, 0.15) is 11.6 Å². The Morgan fingerprint density at radius 1 is 1.43 bits per heavy atom. The van der Waals surface area contributed by atoms with Gasteiger partial charge in [0.25, 0.3) is 0 Å². The van der Waals surface area contributed by atoms with Gasteiger partial charge in [0.05, 0.1) is 12.3 Å². The van der Waals surface area contributed by atoms with Crippen molar-refractivity contribution in [3.05, 3.63) is 35.9 Å². The van der Waals surface area contributed by atoms with E-state index in [-0.39, 0.29) is 30.8 Å². The number of H-pyrrole nitrogens is 1. The Morgan fingerprint density at radius 2 is 2.30 bits per heavy atom. The average Bonchev–Trinajstić information content (AvgIpc) is 3.47. The highest BCUT2D eigenvalue weighted by Gasteiger charge is 2.30. The molecule has 3 aromatic rings. The molecule has 160 valence electrons. The maximum Gasteiger partial charge on any atom is 0.407 e. The fraction of sp³-hybridized carbons (Fsp3) is 0.500. The van der Waals surface area contributed by atoms with E-state index >= 15 is 0 Å². The molecule has 4 rings (SSSR count). The summed E-state index contributed by atoms with van der Waals surface area (Å²) in [4.78, 5) is 16.3. The Bertz CT molecular complexity index is 1010. The lowest BCUT2D eigenvalue weighted by Crippen LogP contribution is -2.34. The van der Waals surface area contributed by atoms with E-state index in [1.807, 2.05) is 19.9 Å². The lowest BCUT2D eigenvalue weighted by molar-refractivity contribution is 0.0974. The molecule has 1 fully saturated rings. The van der Waals surface area contributed by atoms with Crippen molar-refractivity contribution in [3.8, 4) is 0 Å². The summed E-state index contributed by atoms with van der Waals surface area (Å²) in [7, 11) is 0. The molecule has 0 bridgehead atoms. The van der Waals surface area contributed by atoms with Gasteiger partial charge in [0.15, 0.2) is 11.6 Å². The van der Waals surface area contributed by atoms with Crippen molar-refractivity contribution >= 4 is 23.2 Å². The van der Waals surface area contributed by atoms with Gasteiger partial charge in [-0.05, 0) is 38.7 Å². The van der Waals surface area contributed by atoms with Crippen molar-refractivity contribution in [2.45, 2.75) is 64.2 Å². The van der Waals surface area contributed by atoms with E-state index < -0.39 is 0 Å². The molecule has 10 heteroatoms. The number of rotatable bonds is 7. The van der Waals surface area contributed by atoms with Crippen LogP contribution in [0.4, 0.5) is 16.4 Å². The Balaban J connectivity index is 1.38. The van der Waals surface area contributed by atoms with E-state index in [1.54, 1.807) is 23.0 Å². The van der Waals surface area contributed by atoms with Crippen molar-refractivity contribution in [1.82, 2.24) is 30.1 Å². The van der Waals surface area contributed by atoms with Crippen molar-refractivity contribution < 1.29 is 14.6 Å². The number of carbonyl (C=O) groups excluding carboxylic acids is 1. The molecule has 1 aliphatic carbocycles. The molecular formula is C20H27N7O3. The van der Waals surface area contributed by atoms with Gasteiger partial charge in [0, 0.05) is 36.1 Å². The maximum absolute atomic E-state index is 12.0. The number of anilines is 2. The number of ether oxygens (including phenoxy) is 1. The van der Waals surface area contributed by atoms with Crippen LogP contribution in [0.5, 0.6) is 0 Å². The first-order chi connectivity index (χ1) is 14.6. The summed E-state index contributed by atoms with van der Waals surface area (Å²) in [6.07, 6.45) is 6.34. The second kappa shape index (κ2) is 8.70. The third-order valence-electron chi connectivity index (χ3n) is 5.52. The van der Waals surface area contributed by atoms with Crippen LogP contribution in [0.15, 0.2) is 24.5 Å². The number of carbonyl (C=O) groups is 1. The van der Waals surface area contributed by atoms with Crippen LogP contribution in [-0.2, 0) is 11.3 Å². The summed E-state index contributed by atoms with van der Waals surface area (Å²) >= 11 is 0. The lowest BCUT2D eigenvalue weighted by atomic mass is 10.0. The smallest absolute Gasteiger partial charge is 0.407 e. The Kier molecular flexibility index (Phi) is 5.84. The highest BCUT2D eigenvalue weighted by atomic mass is 16.6. The number of aromatic amines is 1. The van der Waals surface area contributed by atoms with Crippen molar-refractivity contribution in [2.24, 2.45) is 0 Å². The number of nitrogens with one attached hydrogen (secondary N) is 3. The van der Waals surface area contributed by atoms with Gasteiger partial charge in [-0.2, -0.15) is 10.2 Å². The zero-order chi connectivity index (χ0) is 21.1. The molecule has 0 radical (unpaired) electrons. The normalized spacial score (nSPS) is 19.7. The third-order valence-corrected chi connectivity index (χ3v) is 5.52.